The third-order valence-corrected chi connectivity index (χ3v) is 3.00. The van der Waals surface area contributed by atoms with Crippen molar-refractivity contribution < 1.29 is 14.1 Å². The van der Waals surface area contributed by atoms with Crippen molar-refractivity contribution in [1.82, 2.24) is 10.1 Å². The monoisotopic (exact) mass is 273 g/mol. The Labute approximate surface area is 116 Å². The number of hydrogen-bond donors (Lipinski definition) is 1. The van der Waals surface area contributed by atoms with Gasteiger partial charge in [0.05, 0.1) is 6.61 Å². The number of hydrogen-bond acceptors (Lipinski definition) is 5. The van der Waals surface area contributed by atoms with E-state index in [9.17, 15) is 4.79 Å². The van der Waals surface area contributed by atoms with Gasteiger partial charge in [-0.2, -0.15) is 4.98 Å². The first-order valence-electron chi connectivity index (χ1n) is 6.64. The second kappa shape index (κ2) is 5.32. The van der Waals surface area contributed by atoms with Crippen LogP contribution in [-0.4, -0.2) is 22.7 Å². The van der Waals surface area contributed by atoms with E-state index in [-0.39, 0.29) is 11.6 Å². The molecule has 3 rings (SSSR count). The van der Waals surface area contributed by atoms with Crippen molar-refractivity contribution in [3.8, 4) is 5.88 Å². The summed E-state index contributed by atoms with van der Waals surface area (Å²) in [5, 5.41) is 6.46. The second-order valence-corrected chi connectivity index (χ2v) is 4.64. The highest BCUT2D eigenvalue weighted by atomic mass is 16.5. The minimum atomic E-state index is -0.332. The zero-order chi connectivity index (χ0) is 13.9. The molecule has 0 atom stereocenters. The molecule has 2 aromatic rings. The lowest BCUT2D eigenvalue weighted by Crippen LogP contribution is -2.13. The van der Waals surface area contributed by atoms with E-state index in [0.29, 0.717) is 24.2 Å². The Morgan fingerprint density at radius 1 is 1.50 bits per heavy atom. The van der Waals surface area contributed by atoms with Crippen LogP contribution in [0.4, 0.5) is 5.82 Å². The molecule has 1 aliphatic carbocycles. The van der Waals surface area contributed by atoms with E-state index < -0.39 is 0 Å². The Kier molecular flexibility index (Phi) is 3.37. The molecule has 6 heteroatoms. The van der Waals surface area contributed by atoms with Gasteiger partial charge in [-0.1, -0.05) is 11.2 Å². The first-order valence-corrected chi connectivity index (χ1v) is 6.64. The molecule has 0 aromatic carbocycles. The average molecular weight is 273 g/mol. The number of nitrogens with zero attached hydrogens (tertiary/aromatic N) is 2. The first-order chi connectivity index (χ1) is 9.76. The van der Waals surface area contributed by atoms with Crippen LogP contribution in [0.2, 0.25) is 0 Å². The van der Waals surface area contributed by atoms with E-state index in [1.54, 1.807) is 24.3 Å². The predicted octanol–water partition coefficient (Wildman–Crippen LogP) is 2.60. The fraction of sp³-hybridized carbons (Fsp3) is 0.357. The molecule has 1 N–H and O–H groups in total. The topological polar surface area (TPSA) is 77.2 Å². The van der Waals surface area contributed by atoms with Gasteiger partial charge in [0.15, 0.2) is 5.69 Å². The van der Waals surface area contributed by atoms with Gasteiger partial charge in [0.2, 0.25) is 5.88 Å². The van der Waals surface area contributed by atoms with Crippen molar-refractivity contribution in [2.45, 2.75) is 25.7 Å². The van der Waals surface area contributed by atoms with E-state index in [4.69, 9.17) is 9.26 Å². The fourth-order valence-corrected chi connectivity index (χ4v) is 1.85. The molecule has 104 valence electrons. The van der Waals surface area contributed by atoms with Crippen LogP contribution in [0.1, 0.15) is 41.9 Å². The lowest BCUT2D eigenvalue weighted by molar-refractivity contribution is 0.101. The maximum atomic E-state index is 12.0. The van der Waals surface area contributed by atoms with Crippen LogP contribution in [0.5, 0.6) is 5.88 Å². The van der Waals surface area contributed by atoms with Crippen molar-refractivity contribution in [1.29, 1.82) is 0 Å². The molecule has 0 unspecified atom stereocenters. The van der Waals surface area contributed by atoms with Gasteiger partial charge in [-0.05, 0) is 25.8 Å². The number of aromatic nitrogens is 2. The Morgan fingerprint density at radius 3 is 3.10 bits per heavy atom. The van der Waals surface area contributed by atoms with E-state index in [0.717, 1.165) is 18.6 Å². The summed E-state index contributed by atoms with van der Waals surface area (Å²) in [4.78, 5) is 16.2. The van der Waals surface area contributed by atoms with Crippen molar-refractivity contribution in [2.24, 2.45) is 0 Å². The molecule has 0 radical (unpaired) electrons. The Hall–Kier alpha value is -2.37. The number of anilines is 1. The fourth-order valence-electron chi connectivity index (χ4n) is 1.85. The van der Waals surface area contributed by atoms with E-state index in [1.165, 1.54) is 0 Å². The van der Waals surface area contributed by atoms with Gasteiger partial charge in [-0.25, -0.2) is 0 Å². The quantitative estimate of drug-likeness (QED) is 0.906. The summed E-state index contributed by atoms with van der Waals surface area (Å²) < 4.78 is 10.4. The number of nitrogens with one attached hydrogen (secondary N) is 1. The average Bonchev–Trinajstić information content (AvgIpc) is 3.17. The van der Waals surface area contributed by atoms with Crippen LogP contribution < -0.4 is 10.1 Å². The van der Waals surface area contributed by atoms with Gasteiger partial charge in [-0.3, -0.25) is 4.79 Å². The highest BCUT2D eigenvalue weighted by Gasteiger charge is 2.28. The summed E-state index contributed by atoms with van der Waals surface area (Å²) in [5.41, 5.74) is 0.274. The molecule has 1 saturated carbocycles. The Bertz CT molecular complexity index is 620. The number of rotatable bonds is 5. The summed E-state index contributed by atoms with van der Waals surface area (Å²) in [6.07, 6.45) is 2.21. The summed E-state index contributed by atoms with van der Waals surface area (Å²) in [5.74, 6) is 1.79. The summed E-state index contributed by atoms with van der Waals surface area (Å²) in [6, 6.07) is 6.90. The largest absolute Gasteiger partial charge is 0.478 e. The Morgan fingerprint density at radius 2 is 2.35 bits per heavy atom. The predicted molar refractivity (Wildman–Crippen MR) is 71.8 cm³/mol. The van der Waals surface area contributed by atoms with Crippen LogP contribution in [0.25, 0.3) is 0 Å². The smallest absolute Gasteiger partial charge is 0.279 e. The second-order valence-electron chi connectivity index (χ2n) is 4.64. The van der Waals surface area contributed by atoms with Crippen LogP contribution in [0, 0.1) is 0 Å². The van der Waals surface area contributed by atoms with Crippen molar-refractivity contribution >= 4 is 11.7 Å². The van der Waals surface area contributed by atoms with Gasteiger partial charge in [0.25, 0.3) is 5.91 Å². The summed E-state index contributed by atoms with van der Waals surface area (Å²) in [6.45, 7) is 2.40. The maximum Gasteiger partial charge on any atom is 0.279 e. The highest BCUT2D eigenvalue weighted by Crippen LogP contribution is 2.40. The van der Waals surface area contributed by atoms with Crippen molar-refractivity contribution in [3.05, 3.63) is 35.7 Å². The molecule has 0 spiro atoms. The molecule has 1 aliphatic rings. The maximum absolute atomic E-state index is 12.0. The molecular formula is C14H15N3O3. The van der Waals surface area contributed by atoms with Crippen LogP contribution in [0.15, 0.2) is 28.8 Å². The molecule has 6 nitrogen and oxygen atoms in total. The zero-order valence-corrected chi connectivity index (χ0v) is 11.1. The normalized spacial score (nSPS) is 14.1. The SMILES string of the molecule is CCOc1cccc(NC(=O)c2cc(C3CC3)on2)n1. The lowest BCUT2D eigenvalue weighted by Gasteiger charge is -2.05. The number of pyridine rings is 1. The number of ether oxygens (including phenoxy) is 1. The molecule has 0 saturated heterocycles. The van der Waals surface area contributed by atoms with Gasteiger partial charge in [-0.15, -0.1) is 0 Å². The van der Waals surface area contributed by atoms with Gasteiger partial charge in [0, 0.05) is 18.1 Å². The van der Waals surface area contributed by atoms with Crippen molar-refractivity contribution in [3.63, 3.8) is 0 Å². The lowest BCUT2D eigenvalue weighted by atomic mass is 10.3. The van der Waals surface area contributed by atoms with Crippen LogP contribution in [0.3, 0.4) is 0 Å². The minimum Gasteiger partial charge on any atom is -0.478 e. The molecule has 1 amide bonds. The zero-order valence-electron chi connectivity index (χ0n) is 11.1. The highest BCUT2D eigenvalue weighted by molar-refractivity contribution is 6.02. The third kappa shape index (κ3) is 2.79. The number of carbonyl (C=O) groups is 1. The molecule has 0 aliphatic heterocycles. The number of amides is 1. The van der Waals surface area contributed by atoms with Gasteiger partial charge in [0.1, 0.15) is 11.6 Å². The van der Waals surface area contributed by atoms with E-state index in [1.807, 2.05) is 6.92 Å². The van der Waals surface area contributed by atoms with E-state index in [2.05, 4.69) is 15.5 Å². The first kappa shape index (κ1) is 12.7. The van der Waals surface area contributed by atoms with E-state index >= 15 is 0 Å². The Balaban J connectivity index is 1.69. The van der Waals surface area contributed by atoms with Gasteiger partial charge < -0.3 is 14.6 Å². The molecule has 2 aromatic heterocycles. The standard InChI is InChI=1S/C14H15N3O3/c1-2-19-13-5-3-4-12(15-13)16-14(18)10-8-11(20-17-10)9-6-7-9/h3-5,8-9H,2,6-7H2,1H3,(H,15,16,18). The third-order valence-electron chi connectivity index (χ3n) is 3.00. The molecular weight excluding hydrogens is 258 g/mol. The molecule has 1 fully saturated rings. The van der Waals surface area contributed by atoms with Crippen molar-refractivity contribution in [2.75, 3.05) is 11.9 Å². The summed E-state index contributed by atoms with van der Waals surface area (Å²) >= 11 is 0. The summed E-state index contributed by atoms with van der Waals surface area (Å²) in [7, 11) is 0. The molecule has 20 heavy (non-hydrogen) atoms. The van der Waals surface area contributed by atoms with Gasteiger partial charge >= 0.3 is 0 Å². The van der Waals surface area contributed by atoms with Crippen LogP contribution >= 0.6 is 0 Å². The molecule has 2 heterocycles. The number of carbonyl (C=O) groups excluding carboxylic acids is 1. The molecule has 0 bridgehead atoms. The van der Waals surface area contributed by atoms with Crippen LogP contribution in [-0.2, 0) is 0 Å². The minimum absolute atomic E-state index is 0.274.